The summed E-state index contributed by atoms with van der Waals surface area (Å²) in [6, 6.07) is 22.0. The van der Waals surface area contributed by atoms with E-state index in [0.29, 0.717) is 16.5 Å². The SMILES string of the molecule is N#C/C(=C\NC(=S)N=Nc1c(O)[nH]c2ccccc12)C(=O)c1ccc2ccccc2c1. The lowest BCUT2D eigenvalue weighted by molar-refractivity contribution is 0.103. The summed E-state index contributed by atoms with van der Waals surface area (Å²) >= 11 is 5.10. The van der Waals surface area contributed by atoms with Gasteiger partial charge in [-0.05, 0) is 35.1 Å². The predicted molar refractivity (Wildman–Crippen MR) is 122 cm³/mol. The Morgan fingerprint density at radius 3 is 2.65 bits per heavy atom. The number of para-hydroxylation sites is 1. The zero-order valence-electron chi connectivity index (χ0n) is 16.0. The maximum absolute atomic E-state index is 12.7. The molecule has 0 aliphatic heterocycles. The van der Waals surface area contributed by atoms with Gasteiger partial charge in [0.25, 0.3) is 0 Å². The van der Waals surface area contributed by atoms with Gasteiger partial charge in [-0.25, -0.2) is 0 Å². The van der Waals surface area contributed by atoms with Gasteiger partial charge in [-0.1, -0.05) is 54.6 Å². The number of azo groups is 1. The van der Waals surface area contributed by atoms with E-state index in [4.69, 9.17) is 12.2 Å². The van der Waals surface area contributed by atoms with Crippen LogP contribution in [0.2, 0.25) is 0 Å². The fourth-order valence-corrected chi connectivity index (χ4v) is 3.21. The number of aromatic amines is 1. The van der Waals surface area contributed by atoms with Crippen LogP contribution in [0.3, 0.4) is 0 Å². The van der Waals surface area contributed by atoms with Crippen molar-refractivity contribution in [1.82, 2.24) is 10.3 Å². The summed E-state index contributed by atoms with van der Waals surface area (Å²) in [7, 11) is 0. The van der Waals surface area contributed by atoms with Crippen LogP contribution in [-0.4, -0.2) is 21.0 Å². The second kappa shape index (κ2) is 8.57. The van der Waals surface area contributed by atoms with Gasteiger partial charge in [-0.3, -0.25) is 4.79 Å². The normalized spacial score (nSPS) is 11.6. The van der Waals surface area contributed by atoms with Gasteiger partial charge in [-0.2, -0.15) is 5.26 Å². The molecule has 0 saturated carbocycles. The van der Waals surface area contributed by atoms with E-state index < -0.39 is 5.78 Å². The number of aromatic hydroxyl groups is 1. The molecule has 4 rings (SSSR count). The largest absolute Gasteiger partial charge is 0.493 e. The number of Topliss-reactive ketones (excluding diaryl/α,β-unsaturated/α-hetero) is 1. The number of benzene rings is 3. The van der Waals surface area contributed by atoms with Crippen molar-refractivity contribution in [1.29, 1.82) is 5.26 Å². The van der Waals surface area contributed by atoms with Crippen LogP contribution in [0.25, 0.3) is 21.7 Å². The highest BCUT2D eigenvalue weighted by atomic mass is 32.1. The summed E-state index contributed by atoms with van der Waals surface area (Å²) in [5.74, 6) is -0.567. The molecule has 3 N–H and O–H groups in total. The molecule has 1 heterocycles. The molecule has 8 heteroatoms. The van der Waals surface area contributed by atoms with Crippen LogP contribution >= 0.6 is 12.2 Å². The number of ketones is 1. The molecule has 7 nitrogen and oxygen atoms in total. The molecule has 0 atom stereocenters. The number of hydrogen-bond acceptors (Lipinski definition) is 5. The predicted octanol–water partition coefficient (Wildman–Crippen LogP) is 5.28. The molecule has 0 spiro atoms. The van der Waals surface area contributed by atoms with Crippen molar-refractivity contribution in [3.8, 4) is 11.9 Å². The minimum atomic E-state index is -0.435. The second-order valence-electron chi connectivity index (χ2n) is 6.58. The molecule has 0 aliphatic rings. The highest BCUT2D eigenvalue weighted by molar-refractivity contribution is 7.80. The van der Waals surface area contributed by atoms with Crippen LogP contribution < -0.4 is 5.32 Å². The van der Waals surface area contributed by atoms with Gasteiger partial charge in [0.2, 0.25) is 16.8 Å². The average molecular weight is 425 g/mol. The number of aromatic nitrogens is 1. The zero-order valence-corrected chi connectivity index (χ0v) is 16.9. The first-order valence-electron chi connectivity index (χ1n) is 9.22. The first kappa shape index (κ1) is 19.9. The number of rotatable bonds is 4. The van der Waals surface area contributed by atoms with Crippen molar-refractivity contribution in [3.05, 3.63) is 84.1 Å². The van der Waals surface area contributed by atoms with Crippen LogP contribution in [0.15, 0.2) is 88.7 Å². The number of thiocarbonyl (C=S) groups is 1. The molecule has 0 aliphatic carbocycles. The Bertz CT molecular complexity index is 1430. The van der Waals surface area contributed by atoms with E-state index in [1.165, 1.54) is 6.20 Å². The van der Waals surface area contributed by atoms with Crippen LogP contribution in [0, 0.1) is 11.3 Å². The second-order valence-corrected chi connectivity index (χ2v) is 6.96. The number of carbonyl (C=O) groups is 1. The van der Waals surface area contributed by atoms with E-state index >= 15 is 0 Å². The summed E-state index contributed by atoms with van der Waals surface area (Å²) in [4.78, 5) is 15.5. The maximum atomic E-state index is 12.7. The number of H-pyrrole nitrogens is 1. The lowest BCUT2D eigenvalue weighted by atomic mass is 10.0. The van der Waals surface area contributed by atoms with Gasteiger partial charge >= 0.3 is 0 Å². The Morgan fingerprint density at radius 2 is 1.84 bits per heavy atom. The molecule has 0 bridgehead atoms. The molecule has 150 valence electrons. The van der Waals surface area contributed by atoms with Crippen molar-refractivity contribution in [2.24, 2.45) is 10.2 Å². The molecule has 4 aromatic rings. The Kier molecular flexibility index (Phi) is 5.51. The highest BCUT2D eigenvalue weighted by Crippen LogP contribution is 2.35. The standard InChI is InChI=1S/C23H15N5O2S/c24-12-17(21(29)16-10-9-14-5-1-2-6-15(14)11-16)13-25-23(31)28-27-20-18-7-3-4-8-19(18)26-22(20)30/h1-11,13,26,30H,(H,25,31)/b17-13+,28-27?. The molecule has 31 heavy (non-hydrogen) atoms. The number of nitrogens with zero attached hydrogens (tertiary/aromatic N) is 3. The first-order chi connectivity index (χ1) is 15.1. The Morgan fingerprint density at radius 1 is 1.10 bits per heavy atom. The minimum absolute atomic E-state index is 0.0660. The third kappa shape index (κ3) is 4.17. The molecular weight excluding hydrogens is 410 g/mol. The molecule has 0 saturated heterocycles. The minimum Gasteiger partial charge on any atom is -0.493 e. The fraction of sp³-hybridized carbons (Fsp3) is 0. The summed E-state index contributed by atoms with van der Waals surface area (Å²) in [6.45, 7) is 0. The van der Waals surface area contributed by atoms with Crippen LogP contribution in [0.1, 0.15) is 10.4 Å². The van der Waals surface area contributed by atoms with Crippen molar-refractivity contribution >= 4 is 50.5 Å². The monoisotopic (exact) mass is 425 g/mol. The van der Waals surface area contributed by atoms with Gasteiger partial charge in [0, 0.05) is 17.1 Å². The van der Waals surface area contributed by atoms with Crippen LogP contribution in [-0.2, 0) is 0 Å². The molecular formula is C23H15N5O2S. The third-order valence-electron chi connectivity index (χ3n) is 4.62. The van der Waals surface area contributed by atoms with E-state index in [-0.39, 0.29) is 22.3 Å². The molecule has 1 aromatic heterocycles. The average Bonchev–Trinajstić information content (AvgIpc) is 3.12. The number of carbonyl (C=O) groups excluding carboxylic acids is 1. The van der Waals surface area contributed by atoms with Gasteiger partial charge < -0.3 is 15.4 Å². The third-order valence-corrected chi connectivity index (χ3v) is 4.82. The smallest absolute Gasteiger partial charge is 0.218 e. The number of fused-ring (bicyclic) bond motifs is 2. The van der Waals surface area contributed by atoms with E-state index in [2.05, 4.69) is 20.5 Å². The Labute approximate surface area is 182 Å². The van der Waals surface area contributed by atoms with Crippen molar-refractivity contribution < 1.29 is 9.90 Å². The fourth-order valence-electron chi connectivity index (χ4n) is 3.11. The van der Waals surface area contributed by atoms with Gasteiger partial charge in [-0.15, -0.1) is 10.2 Å². The van der Waals surface area contributed by atoms with Crippen molar-refractivity contribution in [2.75, 3.05) is 0 Å². The van der Waals surface area contributed by atoms with Crippen molar-refractivity contribution in [3.63, 3.8) is 0 Å². The summed E-state index contributed by atoms with van der Waals surface area (Å²) in [6.07, 6.45) is 1.20. The quantitative estimate of drug-likeness (QED) is 0.135. The molecule has 3 aromatic carbocycles. The van der Waals surface area contributed by atoms with Crippen LogP contribution in [0.5, 0.6) is 5.88 Å². The van der Waals surface area contributed by atoms with Gasteiger partial charge in [0.1, 0.15) is 11.6 Å². The summed E-state index contributed by atoms with van der Waals surface area (Å²) in [5.41, 5.74) is 1.23. The Hall–Kier alpha value is -4.35. The number of nitrogens with one attached hydrogen (secondary N) is 2. The van der Waals surface area contributed by atoms with Gasteiger partial charge in [0.05, 0.1) is 5.52 Å². The molecule has 0 unspecified atom stereocenters. The Balaban J connectivity index is 1.50. The number of nitriles is 1. The van der Waals surface area contributed by atoms with E-state index in [1.54, 1.807) is 24.3 Å². The van der Waals surface area contributed by atoms with Crippen molar-refractivity contribution in [2.45, 2.75) is 0 Å². The molecule has 0 radical (unpaired) electrons. The zero-order chi connectivity index (χ0) is 21.8. The summed E-state index contributed by atoms with van der Waals surface area (Å²) in [5, 5.41) is 32.4. The maximum Gasteiger partial charge on any atom is 0.218 e. The number of hydrogen-bond donors (Lipinski definition) is 3. The van der Waals surface area contributed by atoms with E-state index in [0.717, 1.165) is 10.8 Å². The summed E-state index contributed by atoms with van der Waals surface area (Å²) < 4.78 is 0. The van der Waals surface area contributed by atoms with Gasteiger partial charge in [0.15, 0.2) is 5.69 Å². The number of allylic oxidation sites excluding steroid dienone is 1. The molecule has 0 fully saturated rings. The topological polar surface area (TPSA) is 114 Å². The first-order valence-corrected chi connectivity index (χ1v) is 9.63. The van der Waals surface area contributed by atoms with E-state index in [9.17, 15) is 15.2 Å². The lowest BCUT2D eigenvalue weighted by Gasteiger charge is -2.03. The van der Waals surface area contributed by atoms with Crippen LogP contribution in [0.4, 0.5) is 5.69 Å². The highest BCUT2D eigenvalue weighted by Gasteiger charge is 2.13. The molecule has 0 amide bonds. The lowest BCUT2D eigenvalue weighted by Crippen LogP contribution is -2.14. The van der Waals surface area contributed by atoms with E-state index in [1.807, 2.05) is 48.5 Å².